The lowest BCUT2D eigenvalue weighted by molar-refractivity contribution is -0.199. The highest BCUT2D eigenvalue weighted by molar-refractivity contribution is 4.88. The van der Waals surface area contributed by atoms with Crippen molar-refractivity contribution >= 4 is 0 Å². The largest absolute Gasteiger partial charge is 0.388 e. The number of aliphatic hydroxyl groups is 3. The Hall–Kier alpha value is -0.160. The maximum absolute atomic E-state index is 10.1. The highest BCUT2D eigenvalue weighted by Gasteiger charge is 2.39. The van der Waals surface area contributed by atoms with Gasteiger partial charge in [-0.1, -0.05) is 110 Å². The lowest BCUT2D eigenvalue weighted by atomic mass is 9.88. The molecule has 4 heteroatoms. The van der Waals surface area contributed by atoms with Crippen LogP contribution < -0.4 is 0 Å². The number of hydrogen-bond acceptors (Lipinski definition) is 4. The van der Waals surface area contributed by atoms with Crippen molar-refractivity contribution in [3.63, 3.8) is 0 Å². The maximum atomic E-state index is 10.1. The van der Waals surface area contributed by atoms with Gasteiger partial charge >= 0.3 is 0 Å². The van der Waals surface area contributed by atoms with Crippen molar-refractivity contribution in [3.8, 4) is 0 Å². The Morgan fingerprint density at radius 2 is 1.11 bits per heavy atom. The molecule has 0 aromatic heterocycles. The quantitative estimate of drug-likeness (QED) is 0.287. The topological polar surface area (TPSA) is 69.9 Å². The number of hydrogen-bond donors (Lipinski definition) is 3. The first-order valence-corrected chi connectivity index (χ1v) is 12.2. The molecule has 1 saturated heterocycles. The Morgan fingerprint density at radius 1 is 0.679 bits per heavy atom. The van der Waals surface area contributed by atoms with Crippen LogP contribution in [0.2, 0.25) is 0 Å². The lowest BCUT2D eigenvalue weighted by Crippen LogP contribution is -2.54. The van der Waals surface area contributed by atoms with Crippen LogP contribution in [-0.2, 0) is 4.74 Å². The van der Waals surface area contributed by atoms with Crippen molar-refractivity contribution in [3.05, 3.63) is 0 Å². The van der Waals surface area contributed by atoms with Crippen LogP contribution in [-0.4, -0.2) is 46.3 Å². The van der Waals surface area contributed by atoms with Gasteiger partial charge in [-0.05, 0) is 12.3 Å². The average Bonchev–Trinajstić information content (AvgIpc) is 2.69. The van der Waals surface area contributed by atoms with Crippen LogP contribution >= 0.6 is 0 Å². The molecule has 0 amide bonds. The number of unbranched alkanes of at least 4 members (excludes halogenated alkanes) is 14. The molecule has 0 bridgehead atoms. The Balaban J connectivity index is 1.86. The third kappa shape index (κ3) is 11.1. The van der Waals surface area contributed by atoms with E-state index in [1.807, 2.05) is 0 Å². The van der Waals surface area contributed by atoms with E-state index in [2.05, 4.69) is 13.8 Å². The molecule has 0 aromatic rings. The van der Waals surface area contributed by atoms with E-state index in [1.165, 1.54) is 89.9 Å². The Morgan fingerprint density at radius 3 is 1.57 bits per heavy atom. The second-order valence-electron chi connectivity index (χ2n) is 9.06. The van der Waals surface area contributed by atoms with Crippen LogP contribution in [0.3, 0.4) is 0 Å². The molecule has 0 aliphatic carbocycles. The van der Waals surface area contributed by atoms with E-state index >= 15 is 0 Å². The molecule has 1 aliphatic heterocycles. The zero-order chi connectivity index (χ0) is 20.6. The molecule has 28 heavy (non-hydrogen) atoms. The molecule has 1 aliphatic rings. The lowest BCUT2D eigenvalue weighted by Gasteiger charge is -2.38. The van der Waals surface area contributed by atoms with Crippen LogP contribution in [0.5, 0.6) is 0 Å². The molecule has 1 rings (SSSR count). The third-order valence-corrected chi connectivity index (χ3v) is 6.36. The zero-order valence-electron chi connectivity index (χ0n) is 18.7. The van der Waals surface area contributed by atoms with Crippen molar-refractivity contribution in [2.75, 3.05) is 6.61 Å². The van der Waals surface area contributed by atoms with Gasteiger partial charge in [0, 0.05) is 0 Å². The fourth-order valence-corrected chi connectivity index (χ4v) is 4.33. The van der Waals surface area contributed by atoms with Gasteiger partial charge in [0.25, 0.3) is 0 Å². The summed E-state index contributed by atoms with van der Waals surface area (Å²) in [4.78, 5) is 0. The Labute approximate surface area is 174 Å². The monoisotopic (exact) mass is 400 g/mol. The van der Waals surface area contributed by atoms with Gasteiger partial charge in [0.15, 0.2) is 0 Å². The highest BCUT2D eigenvalue weighted by Crippen LogP contribution is 2.25. The van der Waals surface area contributed by atoms with Crippen LogP contribution in [0.15, 0.2) is 0 Å². The van der Waals surface area contributed by atoms with E-state index < -0.39 is 18.3 Å². The van der Waals surface area contributed by atoms with Crippen molar-refractivity contribution < 1.29 is 20.1 Å². The minimum atomic E-state index is -1.08. The molecule has 0 aromatic carbocycles. The van der Waals surface area contributed by atoms with Gasteiger partial charge < -0.3 is 20.1 Å². The smallest absolute Gasteiger partial charge is 0.111 e. The van der Waals surface area contributed by atoms with Gasteiger partial charge in [0.1, 0.15) is 18.3 Å². The van der Waals surface area contributed by atoms with E-state index in [0.29, 0.717) is 0 Å². The van der Waals surface area contributed by atoms with E-state index in [-0.39, 0.29) is 18.6 Å². The minimum Gasteiger partial charge on any atom is -0.388 e. The SMILES string of the molecule is CCCCCCCCCCCCCCCCCC(C)C1OC[C@@H](O)[C@H](O)[C@H]1O. The zero-order valence-corrected chi connectivity index (χ0v) is 18.7. The van der Waals surface area contributed by atoms with Crippen LogP contribution in [0.1, 0.15) is 117 Å². The normalized spacial score (nSPS) is 26.5. The molecule has 0 radical (unpaired) electrons. The van der Waals surface area contributed by atoms with Gasteiger partial charge in [0.2, 0.25) is 0 Å². The first kappa shape index (κ1) is 25.9. The first-order chi connectivity index (χ1) is 13.6. The van der Waals surface area contributed by atoms with Gasteiger partial charge in [-0.3, -0.25) is 0 Å². The fourth-order valence-electron chi connectivity index (χ4n) is 4.33. The van der Waals surface area contributed by atoms with Gasteiger partial charge in [0.05, 0.1) is 12.7 Å². The summed E-state index contributed by atoms with van der Waals surface area (Å²) in [7, 11) is 0. The van der Waals surface area contributed by atoms with Crippen molar-refractivity contribution in [2.45, 2.75) is 141 Å². The second-order valence-corrected chi connectivity index (χ2v) is 9.06. The molecule has 1 fully saturated rings. The van der Waals surface area contributed by atoms with Gasteiger partial charge in [-0.15, -0.1) is 0 Å². The summed E-state index contributed by atoms with van der Waals surface area (Å²) < 4.78 is 5.55. The molecule has 0 spiro atoms. The summed E-state index contributed by atoms with van der Waals surface area (Å²) in [6.07, 6.45) is 18.1. The molecule has 4 nitrogen and oxygen atoms in total. The number of ether oxygens (including phenoxy) is 1. The Bertz CT molecular complexity index is 349. The van der Waals surface area contributed by atoms with E-state index in [1.54, 1.807) is 0 Å². The second kappa shape index (κ2) is 16.6. The third-order valence-electron chi connectivity index (χ3n) is 6.36. The van der Waals surface area contributed by atoms with Gasteiger partial charge in [-0.2, -0.15) is 0 Å². The van der Waals surface area contributed by atoms with Crippen LogP contribution in [0.4, 0.5) is 0 Å². The molecular formula is C24H48O4. The molecule has 1 heterocycles. The standard InChI is InChI=1S/C24H48O4/c1-3-4-5-6-7-8-9-10-11-12-13-14-15-16-17-18-20(2)24-23(27)22(26)21(25)19-28-24/h20-27H,3-19H2,1-2H3/t20?,21-,22+,23-,24?/m1/s1. The van der Waals surface area contributed by atoms with Gasteiger partial charge in [-0.25, -0.2) is 0 Å². The minimum absolute atomic E-state index is 0.117. The van der Waals surface area contributed by atoms with E-state index in [4.69, 9.17) is 4.74 Å². The van der Waals surface area contributed by atoms with Crippen molar-refractivity contribution in [1.82, 2.24) is 0 Å². The van der Waals surface area contributed by atoms with Crippen molar-refractivity contribution in [2.24, 2.45) is 5.92 Å². The molecule has 5 atom stereocenters. The van der Waals surface area contributed by atoms with E-state index in [0.717, 1.165) is 12.8 Å². The number of rotatable bonds is 17. The molecule has 168 valence electrons. The summed E-state index contributed by atoms with van der Waals surface area (Å²) in [5, 5.41) is 29.4. The molecular weight excluding hydrogens is 352 g/mol. The predicted molar refractivity (Wildman–Crippen MR) is 116 cm³/mol. The Kier molecular flexibility index (Phi) is 15.4. The molecule has 3 N–H and O–H groups in total. The summed E-state index contributed by atoms with van der Waals surface area (Å²) >= 11 is 0. The van der Waals surface area contributed by atoms with Crippen LogP contribution in [0.25, 0.3) is 0 Å². The highest BCUT2D eigenvalue weighted by atomic mass is 16.5. The predicted octanol–water partition coefficient (Wildman–Crippen LogP) is 5.37. The fraction of sp³-hybridized carbons (Fsp3) is 1.00. The average molecular weight is 401 g/mol. The summed E-state index contributed by atoms with van der Waals surface area (Å²) in [6, 6.07) is 0. The van der Waals surface area contributed by atoms with Crippen molar-refractivity contribution in [1.29, 1.82) is 0 Å². The van der Waals surface area contributed by atoms with Crippen LogP contribution in [0, 0.1) is 5.92 Å². The molecule has 0 saturated carbocycles. The maximum Gasteiger partial charge on any atom is 0.111 e. The molecule has 2 unspecified atom stereocenters. The van der Waals surface area contributed by atoms with E-state index in [9.17, 15) is 15.3 Å². The summed E-state index contributed by atoms with van der Waals surface area (Å²) in [5.41, 5.74) is 0. The summed E-state index contributed by atoms with van der Waals surface area (Å²) in [5.74, 6) is 0.208. The number of aliphatic hydroxyl groups excluding tert-OH is 3. The summed E-state index contributed by atoms with van der Waals surface area (Å²) in [6.45, 7) is 4.46. The first-order valence-electron chi connectivity index (χ1n) is 12.2.